The Morgan fingerprint density at radius 3 is 2.94 bits per heavy atom. The van der Waals surface area contributed by atoms with Gasteiger partial charge in [-0.15, -0.1) is 18.0 Å². The van der Waals surface area contributed by atoms with Gasteiger partial charge in [0, 0.05) is 6.54 Å². The summed E-state index contributed by atoms with van der Waals surface area (Å²) in [6.07, 6.45) is 4.54. The lowest BCUT2D eigenvalue weighted by Gasteiger charge is -2.13. The van der Waals surface area contributed by atoms with Crippen LogP contribution < -0.4 is 10.1 Å². The van der Waals surface area contributed by atoms with E-state index in [0.29, 0.717) is 12.3 Å². The minimum Gasteiger partial charge on any atom is -0.479 e. The van der Waals surface area contributed by atoms with Crippen molar-refractivity contribution in [3.8, 4) is 18.1 Å². The number of hydrogen-bond acceptors (Lipinski definition) is 3. The van der Waals surface area contributed by atoms with Crippen molar-refractivity contribution in [2.45, 2.75) is 6.10 Å². The number of benzene rings is 1. The summed E-state index contributed by atoms with van der Waals surface area (Å²) >= 11 is 5.49. The number of aliphatic hydroxyl groups is 1. The molecule has 16 heavy (non-hydrogen) atoms. The monoisotopic (exact) mass is 239 g/mol. The molecule has 1 unspecified atom stereocenters. The highest BCUT2D eigenvalue weighted by atomic mass is 35.5. The normalized spacial score (nSPS) is 11.6. The molecule has 0 saturated heterocycles. The molecule has 0 aliphatic heterocycles. The van der Waals surface area contributed by atoms with Crippen LogP contribution in [0.4, 0.5) is 5.69 Å². The van der Waals surface area contributed by atoms with Gasteiger partial charge in [-0.2, -0.15) is 0 Å². The fourth-order valence-corrected chi connectivity index (χ4v) is 1.25. The maximum Gasteiger partial charge on any atom is 0.148 e. The van der Waals surface area contributed by atoms with Crippen LogP contribution in [0.25, 0.3) is 0 Å². The number of nitrogens with one attached hydrogen (secondary N) is 1. The van der Waals surface area contributed by atoms with E-state index in [4.69, 9.17) is 22.8 Å². The lowest BCUT2D eigenvalue weighted by molar-refractivity contribution is 0.211. The molecule has 1 atom stereocenters. The Labute approximate surface area is 100 Å². The van der Waals surface area contributed by atoms with Crippen molar-refractivity contribution in [3.63, 3.8) is 0 Å². The second kappa shape index (κ2) is 7.00. The van der Waals surface area contributed by atoms with Gasteiger partial charge in [-0.05, 0) is 12.1 Å². The van der Waals surface area contributed by atoms with Crippen LogP contribution in [0.2, 0.25) is 0 Å². The van der Waals surface area contributed by atoms with E-state index in [1.807, 2.05) is 24.3 Å². The fraction of sp³-hybridized carbons (Fsp3) is 0.333. The van der Waals surface area contributed by atoms with Gasteiger partial charge < -0.3 is 15.2 Å². The van der Waals surface area contributed by atoms with E-state index in [0.717, 1.165) is 5.69 Å². The Kier molecular flexibility index (Phi) is 5.55. The lowest BCUT2D eigenvalue weighted by atomic mass is 10.3. The summed E-state index contributed by atoms with van der Waals surface area (Å²) in [5.41, 5.74) is 0.793. The number of alkyl halides is 1. The maximum absolute atomic E-state index is 9.32. The number of anilines is 1. The summed E-state index contributed by atoms with van der Waals surface area (Å²) in [5, 5.41) is 12.4. The smallest absolute Gasteiger partial charge is 0.148 e. The van der Waals surface area contributed by atoms with Crippen LogP contribution in [-0.2, 0) is 0 Å². The standard InChI is InChI=1S/C12H14ClNO2/c1-2-7-16-12-6-4-3-5-11(12)14-9-10(15)8-13/h1,3-6,10,14-15H,7-9H2. The Morgan fingerprint density at radius 1 is 1.50 bits per heavy atom. The number of hydrogen-bond donors (Lipinski definition) is 2. The van der Waals surface area contributed by atoms with Crippen LogP contribution >= 0.6 is 11.6 Å². The molecule has 0 aromatic heterocycles. The molecule has 0 radical (unpaired) electrons. The van der Waals surface area contributed by atoms with Crippen LogP contribution in [0.1, 0.15) is 0 Å². The molecule has 1 aromatic rings. The SMILES string of the molecule is C#CCOc1ccccc1NCC(O)CCl. The second-order valence-electron chi connectivity index (χ2n) is 3.18. The Bertz CT molecular complexity index is 362. The molecule has 0 saturated carbocycles. The van der Waals surface area contributed by atoms with E-state index in [-0.39, 0.29) is 12.5 Å². The van der Waals surface area contributed by atoms with E-state index >= 15 is 0 Å². The van der Waals surface area contributed by atoms with Crippen LogP contribution in [0.15, 0.2) is 24.3 Å². The van der Waals surface area contributed by atoms with E-state index in [9.17, 15) is 5.11 Å². The van der Waals surface area contributed by atoms with Crippen molar-refractivity contribution in [3.05, 3.63) is 24.3 Å². The molecule has 0 spiro atoms. The van der Waals surface area contributed by atoms with Gasteiger partial charge in [-0.25, -0.2) is 0 Å². The predicted octanol–water partition coefficient (Wildman–Crippen LogP) is 1.71. The summed E-state index contributed by atoms with van der Waals surface area (Å²) in [4.78, 5) is 0. The average Bonchev–Trinajstić information content (AvgIpc) is 2.34. The van der Waals surface area contributed by atoms with Crippen molar-refractivity contribution in [2.75, 3.05) is 24.3 Å². The summed E-state index contributed by atoms with van der Waals surface area (Å²) in [6.45, 7) is 0.594. The van der Waals surface area contributed by atoms with Crippen LogP contribution in [0.5, 0.6) is 5.75 Å². The quantitative estimate of drug-likeness (QED) is 0.587. The van der Waals surface area contributed by atoms with E-state index in [1.54, 1.807) is 0 Å². The molecule has 0 aliphatic rings. The van der Waals surface area contributed by atoms with Crippen LogP contribution in [0, 0.1) is 12.3 Å². The second-order valence-corrected chi connectivity index (χ2v) is 3.49. The number of para-hydroxylation sites is 2. The zero-order valence-corrected chi connectivity index (χ0v) is 9.57. The first-order chi connectivity index (χ1) is 7.77. The summed E-state index contributed by atoms with van der Waals surface area (Å²) in [5.74, 6) is 3.26. The minimum atomic E-state index is -0.581. The molecule has 2 N–H and O–H groups in total. The van der Waals surface area contributed by atoms with Crippen molar-refractivity contribution >= 4 is 17.3 Å². The minimum absolute atomic E-state index is 0.195. The number of terminal acetylenes is 1. The fourth-order valence-electron chi connectivity index (χ4n) is 1.14. The van der Waals surface area contributed by atoms with E-state index in [1.165, 1.54) is 0 Å². The van der Waals surface area contributed by atoms with Gasteiger partial charge >= 0.3 is 0 Å². The largest absolute Gasteiger partial charge is 0.479 e. The van der Waals surface area contributed by atoms with Gasteiger partial charge in [0.1, 0.15) is 12.4 Å². The molecule has 86 valence electrons. The Balaban J connectivity index is 2.60. The van der Waals surface area contributed by atoms with Gasteiger partial charge in [-0.1, -0.05) is 18.1 Å². The number of aliphatic hydroxyl groups excluding tert-OH is 1. The highest BCUT2D eigenvalue weighted by molar-refractivity contribution is 6.18. The predicted molar refractivity (Wildman–Crippen MR) is 66.0 cm³/mol. The van der Waals surface area contributed by atoms with Gasteiger partial charge in [-0.3, -0.25) is 0 Å². The summed E-state index contributed by atoms with van der Waals surface area (Å²) < 4.78 is 5.34. The van der Waals surface area contributed by atoms with Crippen molar-refractivity contribution in [1.29, 1.82) is 0 Å². The summed E-state index contributed by atoms with van der Waals surface area (Å²) in [7, 11) is 0. The summed E-state index contributed by atoms with van der Waals surface area (Å²) in [6, 6.07) is 7.40. The van der Waals surface area contributed by atoms with Crippen molar-refractivity contribution in [1.82, 2.24) is 0 Å². The van der Waals surface area contributed by atoms with E-state index in [2.05, 4.69) is 11.2 Å². The third-order valence-electron chi connectivity index (χ3n) is 1.90. The molecule has 3 nitrogen and oxygen atoms in total. The Hall–Kier alpha value is -1.37. The number of ether oxygens (including phenoxy) is 1. The molecule has 0 amide bonds. The number of halogens is 1. The molecular formula is C12H14ClNO2. The van der Waals surface area contributed by atoms with Gasteiger partial charge in [0.25, 0.3) is 0 Å². The first kappa shape index (κ1) is 12.7. The highest BCUT2D eigenvalue weighted by Crippen LogP contribution is 2.23. The molecule has 0 aliphatic carbocycles. The molecule has 1 rings (SSSR count). The van der Waals surface area contributed by atoms with Gasteiger partial charge in [0.2, 0.25) is 0 Å². The molecule has 1 aromatic carbocycles. The molecule has 0 heterocycles. The highest BCUT2D eigenvalue weighted by Gasteiger charge is 2.05. The molecule has 0 fully saturated rings. The van der Waals surface area contributed by atoms with Gasteiger partial charge in [0.15, 0.2) is 0 Å². The number of rotatable bonds is 6. The zero-order chi connectivity index (χ0) is 11.8. The third kappa shape index (κ3) is 4.01. The van der Waals surface area contributed by atoms with Crippen molar-refractivity contribution < 1.29 is 9.84 Å². The topological polar surface area (TPSA) is 41.5 Å². The third-order valence-corrected chi connectivity index (χ3v) is 2.26. The van der Waals surface area contributed by atoms with Crippen LogP contribution in [0.3, 0.4) is 0 Å². The van der Waals surface area contributed by atoms with Gasteiger partial charge in [0.05, 0.1) is 17.7 Å². The first-order valence-electron chi connectivity index (χ1n) is 4.91. The van der Waals surface area contributed by atoms with Crippen molar-refractivity contribution in [2.24, 2.45) is 0 Å². The van der Waals surface area contributed by atoms with Crippen LogP contribution in [-0.4, -0.2) is 30.2 Å². The first-order valence-corrected chi connectivity index (χ1v) is 5.44. The Morgan fingerprint density at radius 2 is 2.25 bits per heavy atom. The molecule has 4 heteroatoms. The average molecular weight is 240 g/mol. The maximum atomic E-state index is 9.32. The van der Waals surface area contributed by atoms with E-state index < -0.39 is 6.10 Å². The molecule has 0 bridgehead atoms. The zero-order valence-electron chi connectivity index (χ0n) is 8.82. The molecular weight excluding hydrogens is 226 g/mol. The lowest BCUT2D eigenvalue weighted by Crippen LogP contribution is -2.21.